The molecule has 140 valence electrons. The summed E-state index contributed by atoms with van der Waals surface area (Å²) in [5.41, 5.74) is 4.12. The van der Waals surface area contributed by atoms with Crippen LogP contribution in [-0.4, -0.2) is 37.0 Å². The molecule has 27 heavy (non-hydrogen) atoms. The minimum atomic E-state index is -0.0652. The summed E-state index contributed by atoms with van der Waals surface area (Å²) in [4.78, 5) is 15.0. The lowest BCUT2D eigenvalue weighted by Gasteiger charge is -2.17. The number of aryl methyl sites for hydroxylation is 2. The molecule has 0 spiro atoms. The molecule has 0 unspecified atom stereocenters. The molecule has 4 rings (SSSR count). The number of fused-ring (bicyclic) bond motifs is 1. The van der Waals surface area contributed by atoms with E-state index in [1.807, 2.05) is 31.2 Å². The Morgan fingerprint density at radius 2 is 2.04 bits per heavy atom. The molecular formula is C23H26N2O2. The summed E-state index contributed by atoms with van der Waals surface area (Å²) in [6, 6.07) is 16.3. The number of hydrogen-bond acceptors (Lipinski definition) is 3. The Hall–Kier alpha value is -2.59. The van der Waals surface area contributed by atoms with E-state index in [-0.39, 0.29) is 5.91 Å². The summed E-state index contributed by atoms with van der Waals surface area (Å²) in [7, 11) is 0. The van der Waals surface area contributed by atoms with E-state index in [4.69, 9.17) is 4.42 Å². The van der Waals surface area contributed by atoms with Crippen LogP contribution in [0.15, 0.2) is 52.9 Å². The predicted molar refractivity (Wildman–Crippen MR) is 108 cm³/mol. The smallest absolute Gasteiger partial charge is 0.255 e. The van der Waals surface area contributed by atoms with Crippen molar-refractivity contribution in [1.29, 1.82) is 0 Å². The van der Waals surface area contributed by atoms with Crippen LogP contribution in [0.2, 0.25) is 0 Å². The summed E-state index contributed by atoms with van der Waals surface area (Å²) < 4.78 is 5.70. The van der Waals surface area contributed by atoms with Gasteiger partial charge in [-0.15, -0.1) is 0 Å². The summed E-state index contributed by atoms with van der Waals surface area (Å²) in [6.07, 6.45) is 1.18. The van der Waals surface area contributed by atoms with Crippen LogP contribution in [0.4, 0.5) is 0 Å². The first-order valence-electron chi connectivity index (χ1n) is 9.67. The van der Waals surface area contributed by atoms with Gasteiger partial charge in [-0.25, -0.2) is 0 Å². The van der Waals surface area contributed by atoms with Crippen LogP contribution >= 0.6 is 0 Å². The van der Waals surface area contributed by atoms with Crippen LogP contribution in [0.3, 0.4) is 0 Å². The zero-order valence-electron chi connectivity index (χ0n) is 16.0. The summed E-state index contributed by atoms with van der Waals surface area (Å²) in [5, 5.41) is 4.03. The van der Waals surface area contributed by atoms with Crippen molar-refractivity contribution in [3.63, 3.8) is 0 Å². The second kappa shape index (κ2) is 7.57. The largest absolute Gasteiger partial charge is 0.461 e. The zero-order chi connectivity index (χ0) is 18.8. The van der Waals surface area contributed by atoms with Crippen molar-refractivity contribution in [2.75, 3.05) is 26.2 Å². The van der Waals surface area contributed by atoms with E-state index in [0.717, 1.165) is 30.8 Å². The maximum Gasteiger partial charge on any atom is 0.255 e. The van der Waals surface area contributed by atoms with Gasteiger partial charge < -0.3 is 14.6 Å². The van der Waals surface area contributed by atoms with Gasteiger partial charge in [0.05, 0.1) is 5.56 Å². The van der Waals surface area contributed by atoms with Gasteiger partial charge in [0, 0.05) is 25.0 Å². The number of benzene rings is 2. The highest BCUT2D eigenvalue weighted by atomic mass is 16.3. The van der Waals surface area contributed by atoms with Gasteiger partial charge >= 0.3 is 0 Å². The number of nitrogens with one attached hydrogen (secondary N) is 1. The third kappa shape index (κ3) is 3.76. The number of carbonyl (C=O) groups excluding carboxylic acids is 1. The molecule has 0 saturated carbocycles. The van der Waals surface area contributed by atoms with Crippen LogP contribution in [0.5, 0.6) is 0 Å². The topological polar surface area (TPSA) is 45.5 Å². The van der Waals surface area contributed by atoms with Gasteiger partial charge in [0.2, 0.25) is 0 Å². The van der Waals surface area contributed by atoms with Crippen LogP contribution < -0.4 is 5.32 Å². The minimum absolute atomic E-state index is 0.0652. The number of rotatable bonds is 5. The zero-order valence-corrected chi connectivity index (χ0v) is 16.0. The van der Waals surface area contributed by atoms with Gasteiger partial charge in [-0.2, -0.15) is 0 Å². The molecule has 2 heterocycles. The highest BCUT2D eigenvalue weighted by Gasteiger charge is 2.24. The van der Waals surface area contributed by atoms with Gasteiger partial charge in [0.25, 0.3) is 5.91 Å². The van der Waals surface area contributed by atoms with E-state index in [1.165, 1.54) is 17.5 Å². The molecule has 3 aromatic rings. The molecule has 4 nitrogen and oxygen atoms in total. The SMILES string of the molecule is Cc1cc2cccc(C(=O)NCCN3CC[C@H](c4ccccc4C)C3)c2o1. The lowest BCUT2D eigenvalue weighted by Crippen LogP contribution is -2.33. The lowest BCUT2D eigenvalue weighted by atomic mass is 9.94. The van der Waals surface area contributed by atoms with Gasteiger partial charge in [0.1, 0.15) is 11.3 Å². The van der Waals surface area contributed by atoms with Crippen molar-refractivity contribution in [1.82, 2.24) is 10.2 Å². The molecule has 0 radical (unpaired) electrons. The van der Waals surface area contributed by atoms with Crippen molar-refractivity contribution >= 4 is 16.9 Å². The van der Waals surface area contributed by atoms with Crippen LogP contribution in [0.1, 0.15) is 39.6 Å². The Morgan fingerprint density at radius 1 is 1.19 bits per heavy atom. The standard InChI is InChI=1S/C23H26N2O2/c1-16-6-3-4-8-20(16)19-10-12-25(15-19)13-11-24-23(26)21-9-5-7-18-14-17(2)27-22(18)21/h3-9,14,19H,10-13,15H2,1-2H3,(H,24,26)/t19-/m0/s1. The quantitative estimate of drug-likeness (QED) is 0.737. The van der Waals surface area contributed by atoms with E-state index >= 15 is 0 Å². The summed E-state index contributed by atoms with van der Waals surface area (Å²) >= 11 is 0. The molecule has 0 aliphatic carbocycles. The minimum Gasteiger partial charge on any atom is -0.461 e. The Bertz CT molecular complexity index is 960. The monoisotopic (exact) mass is 362 g/mol. The lowest BCUT2D eigenvalue weighted by molar-refractivity contribution is 0.0950. The third-order valence-electron chi connectivity index (χ3n) is 5.53. The fourth-order valence-electron chi connectivity index (χ4n) is 4.13. The van der Waals surface area contributed by atoms with E-state index in [0.29, 0.717) is 23.6 Å². The molecule has 1 aliphatic rings. The number of likely N-dealkylation sites (tertiary alicyclic amines) is 1. The molecule has 1 aromatic heterocycles. The predicted octanol–water partition coefficient (Wildman–Crippen LogP) is 4.27. The highest BCUT2D eigenvalue weighted by Crippen LogP contribution is 2.29. The van der Waals surface area contributed by atoms with Gasteiger partial charge in [-0.1, -0.05) is 36.4 Å². The molecule has 2 aromatic carbocycles. The fraction of sp³-hybridized carbons (Fsp3) is 0.348. The molecule has 1 atom stereocenters. The second-order valence-electron chi connectivity index (χ2n) is 7.48. The first-order chi connectivity index (χ1) is 13.1. The molecular weight excluding hydrogens is 336 g/mol. The van der Waals surface area contributed by atoms with Crippen LogP contribution in [-0.2, 0) is 0 Å². The Balaban J connectivity index is 1.32. The first kappa shape index (κ1) is 17.8. The van der Waals surface area contributed by atoms with Gasteiger partial charge in [-0.05, 0) is 56.0 Å². The number of hydrogen-bond donors (Lipinski definition) is 1. The van der Waals surface area contributed by atoms with Crippen molar-refractivity contribution in [2.24, 2.45) is 0 Å². The Kier molecular flexibility index (Phi) is 4.99. The van der Waals surface area contributed by atoms with Crippen LogP contribution in [0.25, 0.3) is 11.0 Å². The molecule has 0 bridgehead atoms. The third-order valence-corrected chi connectivity index (χ3v) is 5.53. The summed E-state index contributed by atoms with van der Waals surface area (Å²) in [5.74, 6) is 1.36. The number of carbonyl (C=O) groups is 1. The van der Waals surface area contributed by atoms with E-state index in [2.05, 4.69) is 41.4 Å². The van der Waals surface area contributed by atoms with Crippen molar-refractivity contribution in [3.8, 4) is 0 Å². The molecule has 1 amide bonds. The number of furan rings is 1. The van der Waals surface area contributed by atoms with E-state index < -0.39 is 0 Å². The van der Waals surface area contributed by atoms with Crippen molar-refractivity contribution in [3.05, 3.63) is 71.0 Å². The number of nitrogens with zero attached hydrogens (tertiary/aromatic N) is 1. The van der Waals surface area contributed by atoms with E-state index in [9.17, 15) is 4.79 Å². The van der Waals surface area contributed by atoms with Gasteiger partial charge in [0.15, 0.2) is 0 Å². The first-order valence-corrected chi connectivity index (χ1v) is 9.67. The van der Waals surface area contributed by atoms with Crippen molar-refractivity contribution in [2.45, 2.75) is 26.2 Å². The molecule has 1 aliphatic heterocycles. The second-order valence-corrected chi connectivity index (χ2v) is 7.48. The Morgan fingerprint density at radius 3 is 2.89 bits per heavy atom. The van der Waals surface area contributed by atoms with E-state index in [1.54, 1.807) is 0 Å². The maximum atomic E-state index is 12.6. The fourth-order valence-corrected chi connectivity index (χ4v) is 4.13. The summed E-state index contributed by atoms with van der Waals surface area (Å²) in [6.45, 7) is 7.77. The average Bonchev–Trinajstić information content (AvgIpc) is 3.27. The maximum absolute atomic E-state index is 12.6. The number of amides is 1. The van der Waals surface area contributed by atoms with Crippen LogP contribution in [0, 0.1) is 13.8 Å². The normalized spacial score (nSPS) is 17.5. The van der Waals surface area contributed by atoms with Crippen molar-refractivity contribution < 1.29 is 9.21 Å². The highest BCUT2D eigenvalue weighted by molar-refractivity contribution is 6.04. The molecule has 4 heteroatoms. The molecule has 1 fully saturated rings. The molecule has 1 N–H and O–H groups in total. The molecule has 1 saturated heterocycles. The Labute approximate surface area is 160 Å². The van der Waals surface area contributed by atoms with Gasteiger partial charge in [-0.3, -0.25) is 4.79 Å². The average molecular weight is 362 g/mol. The number of para-hydroxylation sites is 1.